The van der Waals surface area contributed by atoms with E-state index in [0.717, 1.165) is 18.4 Å². The van der Waals surface area contributed by atoms with E-state index in [-0.39, 0.29) is 23.9 Å². The molecular weight excluding hydrogens is 370 g/mol. The summed E-state index contributed by atoms with van der Waals surface area (Å²) in [5.74, 6) is -0.844. The van der Waals surface area contributed by atoms with E-state index in [1.54, 1.807) is 38.1 Å². The Morgan fingerprint density at radius 3 is 2.59 bits per heavy atom. The molecule has 7 nitrogen and oxygen atoms in total. The monoisotopic (exact) mass is 393 g/mol. The van der Waals surface area contributed by atoms with Crippen molar-refractivity contribution in [1.29, 1.82) is 5.26 Å². The average molecular weight is 393 g/mol. The molecule has 1 aliphatic rings. The van der Waals surface area contributed by atoms with E-state index >= 15 is 0 Å². The molecule has 0 unspecified atom stereocenters. The van der Waals surface area contributed by atoms with Gasteiger partial charge in [-0.3, -0.25) is 14.4 Å². The number of nitrogens with zero attached hydrogens (tertiary/aromatic N) is 1. The third-order valence-electron chi connectivity index (χ3n) is 5.01. The van der Waals surface area contributed by atoms with Gasteiger partial charge >= 0.3 is 5.97 Å². The lowest BCUT2D eigenvalue weighted by atomic mass is 9.99. The predicted octanol–water partition coefficient (Wildman–Crippen LogP) is 2.36. The number of aromatic amines is 1. The molecule has 150 valence electrons. The van der Waals surface area contributed by atoms with E-state index < -0.39 is 17.6 Å². The van der Waals surface area contributed by atoms with Crippen molar-refractivity contribution >= 4 is 11.9 Å². The summed E-state index contributed by atoms with van der Waals surface area (Å²) in [7, 11) is 0. The van der Waals surface area contributed by atoms with Crippen LogP contribution in [0.3, 0.4) is 0 Å². The lowest BCUT2D eigenvalue weighted by Gasteiger charge is -2.18. The summed E-state index contributed by atoms with van der Waals surface area (Å²) in [5, 5.41) is 12.0. The minimum atomic E-state index is -1.00. The van der Waals surface area contributed by atoms with Crippen LogP contribution < -0.4 is 10.9 Å². The first kappa shape index (κ1) is 20.3. The average Bonchev–Trinajstić information content (AvgIpc) is 3.50. The molecule has 1 aromatic carbocycles. The third-order valence-corrected chi connectivity index (χ3v) is 5.01. The maximum absolute atomic E-state index is 12.6. The topological polar surface area (TPSA) is 112 Å². The Labute approximate surface area is 168 Å². The van der Waals surface area contributed by atoms with Gasteiger partial charge in [0.1, 0.15) is 11.6 Å². The largest absolute Gasteiger partial charge is 0.447 e. The van der Waals surface area contributed by atoms with Gasteiger partial charge in [0.25, 0.3) is 11.5 Å². The summed E-state index contributed by atoms with van der Waals surface area (Å²) in [4.78, 5) is 39.6. The normalized spacial score (nSPS) is 14.0. The number of H-pyrrole nitrogens is 1. The van der Waals surface area contributed by atoms with Crippen LogP contribution in [-0.2, 0) is 20.7 Å². The standard InChI is InChI=1S/C22H23N3O4/c1-13-17(14(2)24-21(27)18(13)12-23)10-11-19(26)29-20(15-6-4-3-5-7-15)22(28)25-16-8-9-16/h3-7,16,20H,8-11H2,1-2H3,(H,24,27)(H,25,28)/t20-/m1/s1. The Bertz CT molecular complexity index is 1020. The van der Waals surface area contributed by atoms with E-state index in [4.69, 9.17) is 10.00 Å². The number of hydrogen-bond donors (Lipinski definition) is 2. The van der Waals surface area contributed by atoms with E-state index in [1.807, 2.05) is 12.1 Å². The number of esters is 1. The fourth-order valence-electron chi connectivity index (χ4n) is 3.24. The lowest BCUT2D eigenvalue weighted by Crippen LogP contribution is -2.33. The molecule has 7 heteroatoms. The van der Waals surface area contributed by atoms with Crippen molar-refractivity contribution < 1.29 is 14.3 Å². The fraction of sp³-hybridized carbons (Fsp3) is 0.364. The second kappa shape index (κ2) is 8.74. The number of rotatable bonds is 7. The first-order chi connectivity index (χ1) is 13.9. The zero-order valence-electron chi connectivity index (χ0n) is 16.5. The highest BCUT2D eigenvalue weighted by atomic mass is 16.5. The highest BCUT2D eigenvalue weighted by molar-refractivity contribution is 5.85. The molecule has 1 amide bonds. The zero-order chi connectivity index (χ0) is 21.0. The van der Waals surface area contributed by atoms with Crippen LogP contribution in [0.15, 0.2) is 35.1 Å². The van der Waals surface area contributed by atoms with Crippen LogP contribution in [0, 0.1) is 25.2 Å². The minimum absolute atomic E-state index is 0.0264. The summed E-state index contributed by atoms with van der Waals surface area (Å²) in [5.41, 5.74) is 2.14. The maximum atomic E-state index is 12.6. The third kappa shape index (κ3) is 4.91. The van der Waals surface area contributed by atoms with Crippen LogP contribution in [-0.4, -0.2) is 22.9 Å². The molecule has 1 aromatic heterocycles. The number of amides is 1. The van der Waals surface area contributed by atoms with Gasteiger partial charge < -0.3 is 15.0 Å². The molecular formula is C22H23N3O4. The number of benzene rings is 1. The molecule has 0 aliphatic heterocycles. The molecule has 0 spiro atoms. The van der Waals surface area contributed by atoms with Crippen LogP contribution in [0.4, 0.5) is 0 Å². The van der Waals surface area contributed by atoms with Crippen LogP contribution in [0.5, 0.6) is 0 Å². The SMILES string of the molecule is Cc1[nH]c(=O)c(C#N)c(C)c1CCC(=O)O[C@@H](C(=O)NC1CC1)c1ccccc1. The molecule has 1 heterocycles. The van der Waals surface area contributed by atoms with E-state index in [9.17, 15) is 14.4 Å². The Morgan fingerprint density at radius 1 is 1.28 bits per heavy atom. The van der Waals surface area contributed by atoms with Crippen molar-refractivity contribution in [2.75, 3.05) is 0 Å². The maximum Gasteiger partial charge on any atom is 0.307 e. The summed E-state index contributed by atoms with van der Waals surface area (Å²) < 4.78 is 5.52. The number of carbonyl (C=O) groups excluding carboxylic acids is 2. The zero-order valence-corrected chi connectivity index (χ0v) is 16.5. The Hall–Kier alpha value is -3.40. The molecule has 0 saturated heterocycles. The molecule has 2 N–H and O–H groups in total. The molecule has 1 atom stereocenters. The van der Waals surface area contributed by atoms with E-state index in [1.165, 1.54) is 0 Å². The van der Waals surface area contributed by atoms with Crippen molar-refractivity contribution in [3.8, 4) is 6.07 Å². The van der Waals surface area contributed by atoms with Gasteiger partial charge in [0.15, 0.2) is 0 Å². The van der Waals surface area contributed by atoms with Crippen molar-refractivity contribution in [2.24, 2.45) is 0 Å². The van der Waals surface area contributed by atoms with Crippen molar-refractivity contribution in [3.63, 3.8) is 0 Å². The van der Waals surface area contributed by atoms with E-state index in [0.29, 0.717) is 23.2 Å². The smallest absolute Gasteiger partial charge is 0.307 e. The van der Waals surface area contributed by atoms with Gasteiger partial charge in [-0.15, -0.1) is 0 Å². The number of aryl methyl sites for hydroxylation is 1. The molecule has 0 bridgehead atoms. The van der Waals surface area contributed by atoms with Gasteiger partial charge in [-0.05, 0) is 44.2 Å². The van der Waals surface area contributed by atoms with Gasteiger partial charge in [0.2, 0.25) is 6.10 Å². The Kier molecular flexibility index (Phi) is 6.13. The molecule has 29 heavy (non-hydrogen) atoms. The van der Waals surface area contributed by atoms with Crippen LogP contribution in [0.25, 0.3) is 0 Å². The molecule has 3 rings (SSSR count). The van der Waals surface area contributed by atoms with Crippen LogP contribution in [0.2, 0.25) is 0 Å². The highest BCUT2D eigenvalue weighted by Gasteiger charge is 2.30. The number of aromatic nitrogens is 1. The minimum Gasteiger partial charge on any atom is -0.447 e. The molecule has 1 saturated carbocycles. The summed E-state index contributed by atoms with van der Waals surface area (Å²) in [6.45, 7) is 3.42. The lowest BCUT2D eigenvalue weighted by molar-refractivity contribution is -0.156. The number of carbonyl (C=O) groups is 2. The number of pyridine rings is 1. The Morgan fingerprint density at radius 2 is 1.97 bits per heavy atom. The molecule has 2 aromatic rings. The number of ether oxygens (including phenoxy) is 1. The number of hydrogen-bond acceptors (Lipinski definition) is 5. The predicted molar refractivity (Wildman–Crippen MR) is 106 cm³/mol. The van der Waals surface area contributed by atoms with Gasteiger partial charge in [-0.25, -0.2) is 0 Å². The van der Waals surface area contributed by atoms with Crippen molar-refractivity contribution in [1.82, 2.24) is 10.3 Å². The van der Waals surface area contributed by atoms with E-state index in [2.05, 4.69) is 10.3 Å². The second-order valence-corrected chi connectivity index (χ2v) is 7.23. The Balaban J connectivity index is 1.72. The van der Waals surface area contributed by atoms with Crippen molar-refractivity contribution in [2.45, 2.75) is 51.7 Å². The molecule has 1 aliphatic carbocycles. The first-order valence-electron chi connectivity index (χ1n) is 9.58. The van der Waals surface area contributed by atoms with Crippen LogP contribution in [0.1, 0.15) is 53.3 Å². The van der Waals surface area contributed by atoms with Gasteiger partial charge in [-0.2, -0.15) is 5.26 Å². The number of nitriles is 1. The molecule has 0 radical (unpaired) electrons. The van der Waals surface area contributed by atoms with Gasteiger partial charge in [0, 0.05) is 23.7 Å². The summed E-state index contributed by atoms with van der Waals surface area (Å²) in [6, 6.07) is 11.0. The first-order valence-corrected chi connectivity index (χ1v) is 9.58. The van der Waals surface area contributed by atoms with Crippen molar-refractivity contribution in [3.05, 3.63) is 68.6 Å². The fourth-order valence-corrected chi connectivity index (χ4v) is 3.24. The molecule has 1 fully saturated rings. The van der Waals surface area contributed by atoms with Gasteiger partial charge in [-0.1, -0.05) is 30.3 Å². The quantitative estimate of drug-likeness (QED) is 0.701. The number of nitrogens with one attached hydrogen (secondary N) is 2. The second-order valence-electron chi connectivity index (χ2n) is 7.23. The van der Waals surface area contributed by atoms with Crippen LogP contribution >= 0.6 is 0 Å². The highest BCUT2D eigenvalue weighted by Crippen LogP contribution is 2.24. The van der Waals surface area contributed by atoms with Gasteiger partial charge in [0.05, 0.1) is 0 Å². The summed E-state index contributed by atoms with van der Waals surface area (Å²) in [6.07, 6.45) is 1.20. The summed E-state index contributed by atoms with van der Waals surface area (Å²) >= 11 is 0.